The first-order chi connectivity index (χ1) is 12.9. The summed E-state index contributed by atoms with van der Waals surface area (Å²) in [4.78, 5) is 35.2. The Bertz CT molecular complexity index is 848. The van der Waals surface area contributed by atoms with E-state index in [1.807, 2.05) is 48.5 Å². The molecule has 1 amide bonds. The minimum Gasteiger partial charge on any atom is -0.481 e. The molecule has 140 valence electrons. The van der Waals surface area contributed by atoms with Gasteiger partial charge in [-0.15, -0.1) is 0 Å². The molecule has 27 heavy (non-hydrogen) atoms. The van der Waals surface area contributed by atoms with Gasteiger partial charge in [-0.25, -0.2) is 9.59 Å². The lowest BCUT2D eigenvalue weighted by atomic mass is 9.98. The van der Waals surface area contributed by atoms with Crippen LogP contribution in [0.1, 0.15) is 23.5 Å². The van der Waals surface area contributed by atoms with E-state index >= 15 is 0 Å². The number of nitrogens with zero attached hydrogens (tertiary/aromatic N) is 1. The summed E-state index contributed by atoms with van der Waals surface area (Å²) >= 11 is 0. The van der Waals surface area contributed by atoms with Crippen LogP contribution in [0.5, 0.6) is 0 Å². The van der Waals surface area contributed by atoms with Gasteiger partial charge in [0.2, 0.25) is 0 Å². The molecule has 7 nitrogen and oxygen atoms in total. The van der Waals surface area contributed by atoms with Crippen LogP contribution in [0.2, 0.25) is 0 Å². The minimum atomic E-state index is -1.49. The predicted octanol–water partition coefficient (Wildman–Crippen LogP) is 2.80. The average Bonchev–Trinajstić information content (AvgIpc) is 2.97. The Hall–Kier alpha value is -3.35. The summed E-state index contributed by atoms with van der Waals surface area (Å²) in [6, 6.07) is 14.2. The third-order valence-electron chi connectivity index (χ3n) is 4.74. The summed E-state index contributed by atoms with van der Waals surface area (Å²) < 4.78 is 5.34. The van der Waals surface area contributed by atoms with Gasteiger partial charge in [0.05, 0.1) is 6.42 Å². The van der Waals surface area contributed by atoms with Gasteiger partial charge >= 0.3 is 18.0 Å². The molecule has 1 aliphatic rings. The molecule has 1 atom stereocenters. The van der Waals surface area contributed by atoms with Crippen molar-refractivity contribution in [3.8, 4) is 11.1 Å². The summed E-state index contributed by atoms with van der Waals surface area (Å²) in [5.74, 6) is -2.85. The van der Waals surface area contributed by atoms with Crippen molar-refractivity contribution in [3.63, 3.8) is 0 Å². The summed E-state index contributed by atoms with van der Waals surface area (Å²) in [5.41, 5.74) is 4.23. The van der Waals surface area contributed by atoms with E-state index in [9.17, 15) is 14.4 Å². The molecule has 0 bridgehead atoms. The topological polar surface area (TPSA) is 104 Å². The van der Waals surface area contributed by atoms with Crippen molar-refractivity contribution in [2.75, 3.05) is 13.7 Å². The molecule has 0 heterocycles. The second-order valence-corrected chi connectivity index (χ2v) is 6.37. The largest absolute Gasteiger partial charge is 0.481 e. The summed E-state index contributed by atoms with van der Waals surface area (Å²) in [6.45, 7) is 0.0383. The third kappa shape index (κ3) is 3.62. The first kappa shape index (κ1) is 18.4. The van der Waals surface area contributed by atoms with Crippen LogP contribution in [-0.2, 0) is 14.3 Å². The zero-order chi connectivity index (χ0) is 19.6. The number of likely N-dealkylation sites (N-methyl/N-ethyl adjacent to an activating group) is 1. The lowest BCUT2D eigenvalue weighted by molar-refractivity contribution is -0.148. The van der Waals surface area contributed by atoms with Crippen LogP contribution in [0.15, 0.2) is 48.5 Å². The van der Waals surface area contributed by atoms with Crippen molar-refractivity contribution in [2.24, 2.45) is 0 Å². The van der Waals surface area contributed by atoms with Gasteiger partial charge in [0.1, 0.15) is 12.6 Å². The zero-order valence-electron chi connectivity index (χ0n) is 14.7. The van der Waals surface area contributed by atoms with Crippen molar-refractivity contribution < 1.29 is 29.3 Å². The lowest BCUT2D eigenvalue weighted by Gasteiger charge is -2.24. The normalized spacial score (nSPS) is 13.4. The maximum atomic E-state index is 12.3. The number of hydrogen-bond donors (Lipinski definition) is 2. The summed E-state index contributed by atoms with van der Waals surface area (Å²) in [5, 5.41) is 18.0. The molecule has 0 spiro atoms. The second kappa shape index (κ2) is 7.49. The molecule has 2 aromatic rings. The fourth-order valence-electron chi connectivity index (χ4n) is 3.38. The fraction of sp³-hybridized carbons (Fsp3) is 0.250. The monoisotopic (exact) mass is 369 g/mol. The highest BCUT2D eigenvalue weighted by Gasteiger charge is 2.32. The Kier molecular flexibility index (Phi) is 5.12. The SMILES string of the molecule is CN(C(=O)OCC1c2ccccc2-c2ccccc21)[C@H](CC(=O)O)C(=O)O. The van der Waals surface area contributed by atoms with E-state index < -0.39 is 30.5 Å². The molecular formula is C20H19NO6. The average molecular weight is 369 g/mol. The van der Waals surface area contributed by atoms with Crippen LogP contribution in [0.25, 0.3) is 11.1 Å². The molecule has 1 aliphatic carbocycles. The minimum absolute atomic E-state index is 0.0383. The van der Waals surface area contributed by atoms with Crippen LogP contribution < -0.4 is 0 Å². The number of amides is 1. The number of aliphatic carboxylic acids is 2. The maximum absolute atomic E-state index is 12.3. The molecular weight excluding hydrogens is 350 g/mol. The van der Waals surface area contributed by atoms with Crippen molar-refractivity contribution in [2.45, 2.75) is 18.4 Å². The number of rotatable bonds is 6. The second-order valence-electron chi connectivity index (χ2n) is 6.37. The van der Waals surface area contributed by atoms with Crippen LogP contribution in [0.3, 0.4) is 0 Å². The van der Waals surface area contributed by atoms with Gasteiger partial charge in [-0.05, 0) is 22.3 Å². The van der Waals surface area contributed by atoms with Gasteiger partial charge in [-0.3, -0.25) is 9.69 Å². The molecule has 7 heteroatoms. The number of hydrogen-bond acceptors (Lipinski definition) is 4. The Balaban J connectivity index is 1.75. The molecule has 0 saturated carbocycles. The Morgan fingerprint density at radius 3 is 2.00 bits per heavy atom. The van der Waals surface area contributed by atoms with E-state index in [0.717, 1.165) is 27.2 Å². The molecule has 2 aromatic carbocycles. The van der Waals surface area contributed by atoms with Gasteiger partial charge in [0.25, 0.3) is 0 Å². The van der Waals surface area contributed by atoms with E-state index in [-0.39, 0.29) is 12.5 Å². The number of carboxylic acids is 2. The predicted molar refractivity (Wildman–Crippen MR) is 96.5 cm³/mol. The molecule has 0 radical (unpaired) electrons. The van der Waals surface area contributed by atoms with Crippen LogP contribution in [0.4, 0.5) is 4.79 Å². The highest BCUT2D eigenvalue weighted by atomic mass is 16.6. The van der Waals surface area contributed by atoms with Gasteiger partial charge < -0.3 is 14.9 Å². The third-order valence-corrected chi connectivity index (χ3v) is 4.74. The summed E-state index contributed by atoms with van der Waals surface area (Å²) in [6.07, 6.45) is -1.57. The highest BCUT2D eigenvalue weighted by molar-refractivity contribution is 5.84. The molecule has 0 aromatic heterocycles. The number of carboxylic acid groups (broad SMARTS) is 2. The van der Waals surface area contributed by atoms with Gasteiger partial charge in [0.15, 0.2) is 0 Å². The summed E-state index contributed by atoms with van der Waals surface area (Å²) in [7, 11) is 1.22. The molecule has 0 aliphatic heterocycles. The van der Waals surface area contributed by atoms with Gasteiger partial charge in [0, 0.05) is 13.0 Å². The number of fused-ring (bicyclic) bond motifs is 3. The van der Waals surface area contributed by atoms with Crippen molar-refractivity contribution in [1.82, 2.24) is 4.90 Å². The maximum Gasteiger partial charge on any atom is 0.410 e. The van der Waals surface area contributed by atoms with E-state index in [0.29, 0.717) is 0 Å². The first-order valence-corrected chi connectivity index (χ1v) is 8.42. The van der Waals surface area contributed by atoms with Crippen molar-refractivity contribution in [1.29, 1.82) is 0 Å². The molecule has 0 saturated heterocycles. The number of ether oxygens (including phenoxy) is 1. The number of carbonyl (C=O) groups is 3. The van der Waals surface area contributed by atoms with E-state index in [1.54, 1.807) is 0 Å². The molecule has 3 rings (SSSR count). The van der Waals surface area contributed by atoms with E-state index in [1.165, 1.54) is 7.05 Å². The van der Waals surface area contributed by atoms with Gasteiger partial charge in [-0.1, -0.05) is 48.5 Å². The molecule has 0 fully saturated rings. The number of carbonyl (C=O) groups excluding carboxylic acids is 1. The van der Waals surface area contributed by atoms with Crippen molar-refractivity contribution in [3.05, 3.63) is 59.7 Å². The quantitative estimate of drug-likeness (QED) is 0.811. The van der Waals surface area contributed by atoms with E-state index in [4.69, 9.17) is 14.9 Å². The van der Waals surface area contributed by atoms with Crippen LogP contribution in [-0.4, -0.2) is 52.8 Å². The van der Waals surface area contributed by atoms with E-state index in [2.05, 4.69) is 0 Å². The Morgan fingerprint density at radius 1 is 1.00 bits per heavy atom. The Labute approximate surface area is 155 Å². The fourth-order valence-corrected chi connectivity index (χ4v) is 3.38. The smallest absolute Gasteiger partial charge is 0.410 e. The first-order valence-electron chi connectivity index (χ1n) is 8.42. The highest BCUT2D eigenvalue weighted by Crippen LogP contribution is 2.44. The zero-order valence-corrected chi connectivity index (χ0v) is 14.7. The standard InChI is InChI=1S/C20H19NO6/c1-21(17(19(24)25)10-18(22)23)20(26)27-11-16-14-8-4-2-6-12(14)13-7-3-5-9-15(13)16/h2-9,16-17H,10-11H2,1H3,(H,22,23)(H,24,25)/t17-/m1/s1. The molecule has 2 N–H and O–H groups in total. The van der Waals surface area contributed by atoms with Gasteiger partial charge in [-0.2, -0.15) is 0 Å². The number of benzene rings is 2. The molecule has 0 unspecified atom stereocenters. The van der Waals surface area contributed by atoms with Crippen molar-refractivity contribution >= 4 is 18.0 Å². The lowest BCUT2D eigenvalue weighted by Crippen LogP contribution is -2.44. The van der Waals surface area contributed by atoms with Crippen LogP contribution in [0, 0.1) is 0 Å². The van der Waals surface area contributed by atoms with Crippen LogP contribution >= 0.6 is 0 Å². The Morgan fingerprint density at radius 2 is 1.52 bits per heavy atom.